The number of fused-ring (bicyclic) bond motifs is 2. The van der Waals surface area contributed by atoms with E-state index in [4.69, 9.17) is 16.0 Å². The quantitative estimate of drug-likeness (QED) is 0.411. The average Bonchev–Trinajstić information content (AvgIpc) is 3.33. The molecule has 2 aromatic heterocycles. The fourth-order valence-corrected chi connectivity index (χ4v) is 5.19. The summed E-state index contributed by atoms with van der Waals surface area (Å²) in [7, 11) is 0. The molecule has 29 heavy (non-hydrogen) atoms. The normalized spacial score (nSPS) is 15.6. The van der Waals surface area contributed by atoms with Gasteiger partial charge in [-0.3, -0.25) is 9.58 Å². The summed E-state index contributed by atoms with van der Waals surface area (Å²) < 4.78 is 8.03. The van der Waals surface area contributed by atoms with Crippen molar-refractivity contribution < 1.29 is 0 Å². The lowest BCUT2D eigenvalue weighted by Gasteiger charge is -2.35. The van der Waals surface area contributed by atoms with Gasteiger partial charge in [0.25, 0.3) is 0 Å². The maximum absolute atomic E-state index is 6.26. The minimum Gasteiger partial charge on any atom is -0.353 e. The van der Waals surface area contributed by atoms with Crippen molar-refractivity contribution in [2.45, 2.75) is 19.4 Å². The minimum atomic E-state index is 0.603. The van der Waals surface area contributed by atoms with Gasteiger partial charge in [-0.15, -0.1) is 0 Å². The molecule has 1 fully saturated rings. The number of benzene rings is 2. The number of halogens is 1. The van der Waals surface area contributed by atoms with E-state index in [9.17, 15) is 0 Å². The van der Waals surface area contributed by atoms with Gasteiger partial charge in [-0.25, -0.2) is 0 Å². The zero-order valence-corrected chi connectivity index (χ0v) is 17.9. The Hall–Kier alpha value is -2.15. The molecule has 7 heteroatoms. The molecule has 1 aliphatic heterocycles. The average molecular weight is 426 g/mol. The van der Waals surface area contributed by atoms with E-state index < -0.39 is 0 Å². The van der Waals surface area contributed by atoms with Crippen molar-refractivity contribution in [2.75, 3.05) is 37.6 Å². The van der Waals surface area contributed by atoms with Crippen LogP contribution in [0, 0.1) is 0 Å². The first-order valence-corrected chi connectivity index (χ1v) is 11.4. The predicted octanol–water partition coefficient (Wildman–Crippen LogP) is 4.90. The SMILES string of the molecule is Clc1nn(CCCCN2CCN(c3nsc4ccccc34)CC2)c2ccccc12. The van der Waals surface area contributed by atoms with Gasteiger partial charge in [-0.05, 0) is 55.2 Å². The second-order valence-electron chi connectivity index (χ2n) is 7.57. The first-order valence-electron chi connectivity index (χ1n) is 10.2. The van der Waals surface area contributed by atoms with Crippen LogP contribution in [0.5, 0.6) is 0 Å². The van der Waals surface area contributed by atoms with Gasteiger partial charge in [0.2, 0.25) is 0 Å². The van der Waals surface area contributed by atoms with E-state index in [1.54, 1.807) is 11.5 Å². The van der Waals surface area contributed by atoms with E-state index in [1.807, 2.05) is 22.9 Å². The van der Waals surface area contributed by atoms with Gasteiger partial charge in [-0.2, -0.15) is 9.47 Å². The molecule has 4 aromatic rings. The van der Waals surface area contributed by atoms with Crippen molar-refractivity contribution in [1.29, 1.82) is 0 Å². The molecular weight excluding hydrogens is 402 g/mol. The summed E-state index contributed by atoms with van der Waals surface area (Å²) in [6, 6.07) is 16.7. The molecule has 0 unspecified atom stereocenters. The molecule has 0 spiro atoms. The maximum atomic E-state index is 6.26. The summed E-state index contributed by atoms with van der Waals surface area (Å²) in [5, 5.41) is 7.43. The zero-order valence-electron chi connectivity index (χ0n) is 16.3. The second-order valence-corrected chi connectivity index (χ2v) is 8.73. The molecule has 0 bridgehead atoms. The molecule has 1 aliphatic rings. The van der Waals surface area contributed by atoms with E-state index in [0.29, 0.717) is 5.15 Å². The van der Waals surface area contributed by atoms with E-state index in [-0.39, 0.29) is 0 Å². The van der Waals surface area contributed by atoms with Crippen LogP contribution in [-0.2, 0) is 6.54 Å². The minimum absolute atomic E-state index is 0.603. The van der Waals surface area contributed by atoms with Crippen LogP contribution in [0.3, 0.4) is 0 Å². The van der Waals surface area contributed by atoms with Gasteiger partial charge in [0.05, 0.1) is 10.2 Å². The summed E-state index contributed by atoms with van der Waals surface area (Å²) >= 11 is 7.86. The molecule has 5 nitrogen and oxygen atoms in total. The Balaban J connectivity index is 1.11. The Morgan fingerprint density at radius 3 is 2.45 bits per heavy atom. The number of aromatic nitrogens is 3. The number of hydrogen-bond donors (Lipinski definition) is 0. The molecule has 0 aliphatic carbocycles. The van der Waals surface area contributed by atoms with Crippen molar-refractivity contribution in [3.63, 3.8) is 0 Å². The Morgan fingerprint density at radius 2 is 1.59 bits per heavy atom. The zero-order chi connectivity index (χ0) is 19.6. The fourth-order valence-electron chi connectivity index (χ4n) is 4.14. The van der Waals surface area contributed by atoms with Crippen LogP contribution in [-0.4, -0.2) is 51.8 Å². The van der Waals surface area contributed by atoms with Crippen molar-refractivity contribution >= 4 is 49.9 Å². The number of nitrogens with zero attached hydrogens (tertiary/aromatic N) is 5. The van der Waals surface area contributed by atoms with Gasteiger partial charge in [0.15, 0.2) is 5.15 Å². The highest BCUT2D eigenvalue weighted by Gasteiger charge is 2.20. The molecule has 0 atom stereocenters. The highest BCUT2D eigenvalue weighted by atomic mass is 35.5. The van der Waals surface area contributed by atoms with E-state index in [0.717, 1.165) is 62.4 Å². The molecule has 2 aromatic carbocycles. The monoisotopic (exact) mass is 425 g/mol. The molecule has 0 saturated carbocycles. The third kappa shape index (κ3) is 3.84. The van der Waals surface area contributed by atoms with Crippen molar-refractivity contribution in [1.82, 2.24) is 19.1 Å². The lowest BCUT2D eigenvalue weighted by atomic mass is 10.2. The van der Waals surface area contributed by atoms with Gasteiger partial charge >= 0.3 is 0 Å². The lowest BCUT2D eigenvalue weighted by Crippen LogP contribution is -2.46. The standard InChI is InChI=1S/C22H24ClN5S/c23-21-17-7-1-3-9-19(17)28(24-21)12-6-5-11-26-13-15-27(16-14-26)22-18-8-2-4-10-20(18)29-25-22/h1-4,7-10H,5-6,11-16H2. The van der Waals surface area contributed by atoms with Gasteiger partial charge in [0.1, 0.15) is 5.82 Å². The number of piperazine rings is 1. The molecule has 5 rings (SSSR count). The van der Waals surface area contributed by atoms with Crippen LogP contribution >= 0.6 is 23.1 Å². The van der Waals surface area contributed by atoms with Gasteiger partial charge in [-0.1, -0.05) is 35.9 Å². The third-order valence-corrected chi connectivity index (χ3v) is 6.83. The number of anilines is 1. The molecule has 3 heterocycles. The first-order chi connectivity index (χ1) is 14.3. The summed E-state index contributed by atoms with van der Waals surface area (Å²) in [6.07, 6.45) is 2.28. The van der Waals surface area contributed by atoms with Crippen LogP contribution < -0.4 is 4.90 Å². The summed E-state index contributed by atoms with van der Waals surface area (Å²) in [6.45, 7) is 6.35. The Morgan fingerprint density at radius 1 is 0.862 bits per heavy atom. The molecule has 0 radical (unpaired) electrons. The Kier molecular flexibility index (Phi) is 5.40. The van der Waals surface area contributed by atoms with E-state index >= 15 is 0 Å². The van der Waals surface area contributed by atoms with Gasteiger partial charge < -0.3 is 4.90 Å². The van der Waals surface area contributed by atoms with E-state index in [2.05, 4.69) is 45.2 Å². The molecule has 0 amide bonds. The number of rotatable bonds is 6. The smallest absolute Gasteiger partial charge is 0.158 e. The Bertz CT molecular complexity index is 1110. The summed E-state index contributed by atoms with van der Waals surface area (Å²) in [4.78, 5) is 5.01. The van der Waals surface area contributed by atoms with Crippen molar-refractivity contribution in [3.8, 4) is 0 Å². The van der Waals surface area contributed by atoms with E-state index in [1.165, 1.54) is 16.5 Å². The highest BCUT2D eigenvalue weighted by Crippen LogP contribution is 2.30. The predicted molar refractivity (Wildman–Crippen MR) is 122 cm³/mol. The largest absolute Gasteiger partial charge is 0.353 e. The first kappa shape index (κ1) is 18.9. The topological polar surface area (TPSA) is 37.2 Å². The molecule has 150 valence electrons. The number of para-hydroxylation sites is 1. The summed E-state index contributed by atoms with van der Waals surface area (Å²) in [5.74, 6) is 1.16. The van der Waals surface area contributed by atoms with Crippen LogP contribution in [0.15, 0.2) is 48.5 Å². The van der Waals surface area contributed by atoms with Crippen LogP contribution in [0.25, 0.3) is 21.0 Å². The van der Waals surface area contributed by atoms with Crippen molar-refractivity contribution in [3.05, 3.63) is 53.7 Å². The van der Waals surface area contributed by atoms with Crippen LogP contribution in [0.4, 0.5) is 5.82 Å². The van der Waals surface area contributed by atoms with Crippen molar-refractivity contribution in [2.24, 2.45) is 0 Å². The maximum Gasteiger partial charge on any atom is 0.158 e. The van der Waals surface area contributed by atoms with Gasteiger partial charge in [0, 0.05) is 43.5 Å². The van der Waals surface area contributed by atoms with Crippen LogP contribution in [0.1, 0.15) is 12.8 Å². The highest BCUT2D eigenvalue weighted by molar-refractivity contribution is 7.13. The summed E-state index contributed by atoms with van der Waals surface area (Å²) in [5.41, 5.74) is 1.13. The second kappa shape index (κ2) is 8.30. The molecule has 0 N–H and O–H groups in total. The number of unbranched alkanes of at least 4 members (excludes halogenated alkanes) is 1. The fraction of sp³-hybridized carbons (Fsp3) is 0.364. The molecular formula is C22H24ClN5S. The Labute approximate surface area is 179 Å². The number of hydrogen-bond acceptors (Lipinski definition) is 5. The third-order valence-electron chi connectivity index (χ3n) is 5.74. The van der Waals surface area contributed by atoms with Crippen LogP contribution in [0.2, 0.25) is 5.15 Å². The molecule has 1 saturated heterocycles. The number of aryl methyl sites for hydroxylation is 1. The lowest BCUT2D eigenvalue weighted by molar-refractivity contribution is 0.251.